The molecule has 3 aromatic rings. The van der Waals surface area contributed by atoms with Gasteiger partial charge in [0, 0.05) is 21.2 Å². The fourth-order valence-corrected chi connectivity index (χ4v) is 3.36. The van der Waals surface area contributed by atoms with Crippen LogP contribution in [0.2, 0.25) is 0 Å². The normalized spacial score (nSPS) is 11.2. The van der Waals surface area contributed by atoms with Crippen molar-refractivity contribution in [2.45, 2.75) is 13.3 Å². The van der Waals surface area contributed by atoms with Crippen LogP contribution in [0.15, 0.2) is 45.3 Å². The van der Waals surface area contributed by atoms with Crippen LogP contribution in [0.5, 0.6) is 0 Å². The lowest BCUT2D eigenvalue weighted by Crippen LogP contribution is -2.03. The van der Waals surface area contributed by atoms with Crippen LogP contribution in [0.4, 0.5) is 0 Å². The van der Waals surface area contributed by atoms with Crippen molar-refractivity contribution in [3.05, 3.63) is 56.7 Å². The Kier molecular flexibility index (Phi) is 4.38. The SMILES string of the molecule is Cc1ccc2nc(CCCl)n(-c3cc(Br)ccc3Br)c2c1. The molecular formula is C16H13Br2ClN2. The van der Waals surface area contributed by atoms with Gasteiger partial charge >= 0.3 is 0 Å². The molecule has 21 heavy (non-hydrogen) atoms. The van der Waals surface area contributed by atoms with Crippen molar-refractivity contribution in [2.24, 2.45) is 0 Å². The Morgan fingerprint density at radius 3 is 2.71 bits per heavy atom. The molecule has 0 aliphatic rings. The van der Waals surface area contributed by atoms with Crippen molar-refractivity contribution in [1.29, 1.82) is 0 Å². The van der Waals surface area contributed by atoms with Crippen molar-refractivity contribution in [2.75, 3.05) is 5.88 Å². The average Bonchev–Trinajstić information content (AvgIpc) is 2.79. The van der Waals surface area contributed by atoms with E-state index in [1.807, 2.05) is 12.1 Å². The first-order valence-corrected chi connectivity index (χ1v) is 8.71. The first-order valence-electron chi connectivity index (χ1n) is 6.59. The topological polar surface area (TPSA) is 17.8 Å². The minimum Gasteiger partial charge on any atom is -0.295 e. The van der Waals surface area contributed by atoms with E-state index in [-0.39, 0.29) is 0 Å². The second-order valence-electron chi connectivity index (χ2n) is 4.89. The Labute approximate surface area is 145 Å². The number of alkyl halides is 1. The van der Waals surface area contributed by atoms with Crippen LogP contribution in [0.25, 0.3) is 16.7 Å². The van der Waals surface area contributed by atoms with Crippen LogP contribution in [-0.4, -0.2) is 15.4 Å². The summed E-state index contributed by atoms with van der Waals surface area (Å²) >= 11 is 13.1. The number of rotatable bonds is 3. The monoisotopic (exact) mass is 426 g/mol. The Bertz CT molecular complexity index is 811. The number of halogens is 3. The molecule has 0 saturated heterocycles. The molecule has 1 heterocycles. The number of nitrogens with zero attached hydrogens (tertiary/aromatic N) is 2. The molecule has 3 rings (SSSR count). The maximum Gasteiger partial charge on any atom is 0.115 e. The second kappa shape index (κ2) is 6.11. The van der Waals surface area contributed by atoms with Crippen molar-refractivity contribution in [1.82, 2.24) is 9.55 Å². The van der Waals surface area contributed by atoms with Crippen molar-refractivity contribution in [3.63, 3.8) is 0 Å². The highest BCUT2D eigenvalue weighted by molar-refractivity contribution is 9.11. The molecule has 0 N–H and O–H groups in total. The van der Waals surface area contributed by atoms with E-state index in [0.29, 0.717) is 5.88 Å². The fourth-order valence-electron chi connectivity index (χ4n) is 2.41. The molecule has 0 spiro atoms. The fraction of sp³-hybridized carbons (Fsp3) is 0.188. The molecule has 108 valence electrons. The zero-order valence-electron chi connectivity index (χ0n) is 11.4. The molecule has 0 bridgehead atoms. The van der Waals surface area contributed by atoms with Gasteiger partial charge in [-0.05, 0) is 58.7 Å². The molecule has 0 fully saturated rings. The van der Waals surface area contributed by atoms with E-state index in [2.05, 4.69) is 67.6 Å². The van der Waals surface area contributed by atoms with Gasteiger partial charge in [-0.1, -0.05) is 22.0 Å². The molecule has 1 aromatic heterocycles. The Hall–Kier alpha value is -0.840. The third-order valence-electron chi connectivity index (χ3n) is 3.35. The molecule has 0 aliphatic carbocycles. The predicted molar refractivity (Wildman–Crippen MR) is 95.6 cm³/mol. The summed E-state index contributed by atoms with van der Waals surface area (Å²) in [5, 5.41) is 0. The number of fused-ring (bicyclic) bond motifs is 1. The summed E-state index contributed by atoms with van der Waals surface area (Å²) in [5.74, 6) is 1.53. The van der Waals surface area contributed by atoms with Gasteiger partial charge in [-0.25, -0.2) is 4.98 Å². The van der Waals surface area contributed by atoms with E-state index in [0.717, 1.165) is 37.9 Å². The Morgan fingerprint density at radius 1 is 1.14 bits per heavy atom. The third-order valence-corrected chi connectivity index (χ3v) is 4.70. The molecule has 0 amide bonds. The van der Waals surface area contributed by atoms with E-state index < -0.39 is 0 Å². The van der Waals surface area contributed by atoms with Crippen molar-refractivity contribution >= 4 is 54.5 Å². The summed E-state index contributed by atoms with van der Waals surface area (Å²) in [6.07, 6.45) is 0.730. The van der Waals surface area contributed by atoms with Crippen LogP contribution in [-0.2, 0) is 6.42 Å². The van der Waals surface area contributed by atoms with E-state index in [4.69, 9.17) is 16.6 Å². The van der Waals surface area contributed by atoms with E-state index in [1.54, 1.807) is 0 Å². The highest BCUT2D eigenvalue weighted by atomic mass is 79.9. The lowest BCUT2D eigenvalue weighted by Gasteiger charge is -2.11. The van der Waals surface area contributed by atoms with Gasteiger partial charge in [-0.2, -0.15) is 0 Å². The maximum absolute atomic E-state index is 5.95. The highest BCUT2D eigenvalue weighted by Crippen LogP contribution is 2.30. The lowest BCUT2D eigenvalue weighted by molar-refractivity contribution is 0.909. The van der Waals surface area contributed by atoms with Crippen LogP contribution in [0, 0.1) is 6.92 Å². The average molecular weight is 429 g/mol. The van der Waals surface area contributed by atoms with Gasteiger partial charge in [0.05, 0.1) is 16.7 Å². The summed E-state index contributed by atoms with van der Waals surface area (Å²) < 4.78 is 4.24. The number of hydrogen-bond donors (Lipinski definition) is 0. The van der Waals surface area contributed by atoms with Crippen molar-refractivity contribution in [3.8, 4) is 5.69 Å². The summed E-state index contributed by atoms with van der Waals surface area (Å²) in [4.78, 5) is 4.73. The Morgan fingerprint density at radius 2 is 1.95 bits per heavy atom. The predicted octanol–water partition coefficient (Wildman–Crippen LogP) is 5.64. The second-order valence-corrected chi connectivity index (χ2v) is 7.04. The minimum absolute atomic E-state index is 0.550. The number of aromatic nitrogens is 2. The van der Waals surface area contributed by atoms with E-state index in [1.165, 1.54) is 5.56 Å². The van der Waals surface area contributed by atoms with Gasteiger partial charge in [-0.3, -0.25) is 4.57 Å². The van der Waals surface area contributed by atoms with Crippen LogP contribution in [0.3, 0.4) is 0 Å². The minimum atomic E-state index is 0.550. The summed E-state index contributed by atoms with van der Waals surface area (Å²) in [6.45, 7) is 2.09. The summed E-state index contributed by atoms with van der Waals surface area (Å²) in [7, 11) is 0. The molecule has 0 aliphatic heterocycles. The van der Waals surface area contributed by atoms with Gasteiger partial charge in [0.2, 0.25) is 0 Å². The highest BCUT2D eigenvalue weighted by Gasteiger charge is 2.14. The summed E-state index contributed by atoms with van der Waals surface area (Å²) in [5.41, 5.74) is 4.38. The third kappa shape index (κ3) is 2.89. The zero-order chi connectivity index (χ0) is 15.0. The lowest BCUT2D eigenvalue weighted by atomic mass is 10.2. The molecule has 0 atom stereocenters. The number of aryl methyl sites for hydroxylation is 2. The van der Waals surface area contributed by atoms with Crippen molar-refractivity contribution < 1.29 is 0 Å². The largest absolute Gasteiger partial charge is 0.295 e. The molecule has 0 radical (unpaired) electrons. The van der Waals surface area contributed by atoms with Gasteiger partial charge in [-0.15, -0.1) is 11.6 Å². The van der Waals surface area contributed by atoms with Crippen LogP contribution >= 0.6 is 43.5 Å². The molecule has 2 nitrogen and oxygen atoms in total. The van der Waals surface area contributed by atoms with E-state index in [9.17, 15) is 0 Å². The van der Waals surface area contributed by atoms with Crippen LogP contribution in [0.1, 0.15) is 11.4 Å². The number of imidazole rings is 1. The van der Waals surface area contributed by atoms with Gasteiger partial charge in [0.25, 0.3) is 0 Å². The Balaban J connectivity index is 2.35. The smallest absolute Gasteiger partial charge is 0.115 e. The van der Waals surface area contributed by atoms with E-state index >= 15 is 0 Å². The zero-order valence-corrected chi connectivity index (χ0v) is 15.3. The molecule has 5 heteroatoms. The van der Waals surface area contributed by atoms with Gasteiger partial charge < -0.3 is 0 Å². The van der Waals surface area contributed by atoms with Gasteiger partial charge in [0.1, 0.15) is 5.82 Å². The molecule has 2 aromatic carbocycles. The van der Waals surface area contributed by atoms with Crippen LogP contribution < -0.4 is 0 Å². The molecule has 0 unspecified atom stereocenters. The first kappa shape index (κ1) is 15.1. The summed E-state index contributed by atoms with van der Waals surface area (Å²) in [6, 6.07) is 12.4. The molecule has 0 saturated carbocycles. The maximum atomic E-state index is 5.95. The van der Waals surface area contributed by atoms with Gasteiger partial charge in [0.15, 0.2) is 0 Å². The first-order chi connectivity index (χ1) is 10.1. The molecular weight excluding hydrogens is 415 g/mol. The quantitative estimate of drug-likeness (QED) is 0.494. The number of benzene rings is 2. The number of hydrogen-bond acceptors (Lipinski definition) is 1. The standard InChI is InChI=1S/C16H13Br2ClN2/c1-10-2-5-13-15(8-10)21(16(20-13)6-7-19)14-9-11(17)3-4-12(14)18/h2-5,8-9H,6-7H2,1H3.